The molecule has 5 nitrogen and oxygen atoms in total. The standard InChI is InChI=1S/C20H16N2O3/c23-20(17-7-8-18-19(12-17)25-10-9-24-18)22-21-13-14-5-6-15-3-1-2-4-16(15)11-14/h1-8,11-13H,9-10H2,(H,22,23). The quantitative estimate of drug-likeness (QED) is 0.591. The molecule has 3 aromatic rings. The van der Waals surface area contributed by atoms with Gasteiger partial charge in [-0.25, -0.2) is 5.43 Å². The number of hydrogen-bond donors (Lipinski definition) is 1. The third-order valence-corrected chi connectivity index (χ3v) is 3.96. The van der Waals surface area contributed by atoms with E-state index in [1.807, 2.05) is 36.4 Å². The fourth-order valence-electron chi connectivity index (χ4n) is 2.70. The summed E-state index contributed by atoms with van der Waals surface area (Å²) >= 11 is 0. The lowest BCUT2D eigenvalue weighted by molar-refractivity contribution is 0.0954. The van der Waals surface area contributed by atoms with Crippen molar-refractivity contribution in [1.82, 2.24) is 5.43 Å². The first-order valence-electron chi connectivity index (χ1n) is 8.01. The number of fused-ring (bicyclic) bond motifs is 2. The van der Waals surface area contributed by atoms with Crippen LogP contribution in [0.15, 0.2) is 65.8 Å². The summed E-state index contributed by atoms with van der Waals surface area (Å²) in [5.41, 5.74) is 3.93. The van der Waals surface area contributed by atoms with Gasteiger partial charge < -0.3 is 9.47 Å². The maximum absolute atomic E-state index is 12.2. The molecule has 1 N–H and O–H groups in total. The second-order valence-corrected chi connectivity index (χ2v) is 5.66. The zero-order chi connectivity index (χ0) is 17.1. The smallest absolute Gasteiger partial charge is 0.271 e. The highest BCUT2D eigenvalue weighted by Crippen LogP contribution is 2.30. The number of nitrogens with zero attached hydrogens (tertiary/aromatic N) is 1. The summed E-state index contributed by atoms with van der Waals surface area (Å²) < 4.78 is 10.9. The van der Waals surface area contributed by atoms with Gasteiger partial charge >= 0.3 is 0 Å². The molecule has 1 heterocycles. The van der Waals surface area contributed by atoms with Crippen LogP contribution in [-0.4, -0.2) is 25.3 Å². The minimum atomic E-state index is -0.297. The molecule has 0 fully saturated rings. The van der Waals surface area contributed by atoms with Crippen LogP contribution < -0.4 is 14.9 Å². The molecule has 0 unspecified atom stereocenters. The highest BCUT2D eigenvalue weighted by Gasteiger charge is 2.14. The Labute approximate surface area is 144 Å². The second kappa shape index (κ2) is 6.65. The van der Waals surface area contributed by atoms with Gasteiger partial charge in [0.2, 0.25) is 0 Å². The number of benzene rings is 3. The van der Waals surface area contributed by atoms with Crippen LogP contribution >= 0.6 is 0 Å². The van der Waals surface area contributed by atoms with Crippen molar-refractivity contribution in [3.8, 4) is 11.5 Å². The molecule has 0 atom stereocenters. The maximum atomic E-state index is 12.2. The van der Waals surface area contributed by atoms with Crippen LogP contribution in [0.3, 0.4) is 0 Å². The summed E-state index contributed by atoms with van der Waals surface area (Å²) in [6.07, 6.45) is 1.63. The third-order valence-electron chi connectivity index (χ3n) is 3.96. The van der Waals surface area contributed by atoms with E-state index in [1.165, 1.54) is 5.39 Å². The number of amides is 1. The summed E-state index contributed by atoms with van der Waals surface area (Å²) in [6, 6.07) is 19.2. The van der Waals surface area contributed by atoms with Crippen molar-refractivity contribution in [2.45, 2.75) is 0 Å². The first-order valence-corrected chi connectivity index (χ1v) is 8.01. The van der Waals surface area contributed by atoms with E-state index < -0.39 is 0 Å². The third kappa shape index (κ3) is 3.30. The van der Waals surface area contributed by atoms with Gasteiger partial charge in [-0.05, 0) is 40.6 Å². The molecule has 0 aliphatic carbocycles. The Bertz CT molecular complexity index is 966. The minimum Gasteiger partial charge on any atom is -0.486 e. The van der Waals surface area contributed by atoms with E-state index in [0.717, 1.165) is 10.9 Å². The molecule has 5 heteroatoms. The molecule has 1 aliphatic rings. The largest absolute Gasteiger partial charge is 0.486 e. The number of rotatable bonds is 3. The van der Waals surface area contributed by atoms with Gasteiger partial charge in [-0.15, -0.1) is 0 Å². The van der Waals surface area contributed by atoms with Crippen molar-refractivity contribution >= 4 is 22.9 Å². The molecule has 1 amide bonds. The van der Waals surface area contributed by atoms with Crippen molar-refractivity contribution in [2.75, 3.05) is 13.2 Å². The zero-order valence-corrected chi connectivity index (χ0v) is 13.4. The fraction of sp³-hybridized carbons (Fsp3) is 0.100. The van der Waals surface area contributed by atoms with Crippen LogP contribution in [0.5, 0.6) is 11.5 Å². The van der Waals surface area contributed by atoms with Gasteiger partial charge in [-0.3, -0.25) is 4.79 Å². The highest BCUT2D eigenvalue weighted by atomic mass is 16.6. The average Bonchev–Trinajstić information content (AvgIpc) is 2.67. The van der Waals surface area contributed by atoms with E-state index in [2.05, 4.69) is 16.6 Å². The Hall–Kier alpha value is -3.34. The fourth-order valence-corrected chi connectivity index (χ4v) is 2.70. The SMILES string of the molecule is O=C(NN=Cc1ccc2ccccc2c1)c1ccc2c(c1)OCCO2. The Morgan fingerprint density at radius 1 is 0.920 bits per heavy atom. The summed E-state index contributed by atoms with van der Waals surface area (Å²) in [5.74, 6) is 0.939. The predicted molar refractivity (Wildman–Crippen MR) is 96.4 cm³/mol. The molecule has 1 aliphatic heterocycles. The van der Waals surface area contributed by atoms with Gasteiger partial charge in [0.15, 0.2) is 11.5 Å². The van der Waals surface area contributed by atoms with Gasteiger partial charge in [-0.2, -0.15) is 5.10 Å². The van der Waals surface area contributed by atoms with Crippen LogP contribution in [0.2, 0.25) is 0 Å². The van der Waals surface area contributed by atoms with Crippen molar-refractivity contribution in [3.63, 3.8) is 0 Å². The molecule has 0 bridgehead atoms. The zero-order valence-electron chi connectivity index (χ0n) is 13.4. The number of hydrogen-bond acceptors (Lipinski definition) is 4. The monoisotopic (exact) mass is 332 g/mol. The van der Waals surface area contributed by atoms with E-state index in [-0.39, 0.29) is 5.91 Å². The van der Waals surface area contributed by atoms with Gasteiger partial charge in [-0.1, -0.05) is 36.4 Å². The lowest BCUT2D eigenvalue weighted by Gasteiger charge is -2.18. The van der Waals surface area contributed by atoms with E-state index in [4.69, 9.17) is 9.47 Å². The first-order chi connectivity index (χ1) is 12.3. The normalized spacial score (nSPS) is 13.1. The van der Waals surface area contributed by atoms with E-state index >= 15 is 0 Å². The molecule has 0 saturated heterocycles. The molecule has 3 aromatic carbocycles. The molecule has 4 rings (SSSR count). The average molecular weight is 332 g/mol. The number of carbonyl (C=O) groups is 1. The van der Waals surface area contributed by atoms with Crippen molar-refractivity contribution in [1.29, 1.82) is 0 Å². The molecular weight excluding hydrogens is 316 g/mol. The van der Waals surface area contributed by atoms with Gasteiger partial charge in [0, 0.05) is 5.56 Å². The maximum Gasteiger partial charge on any atom is 0.271 e. The van der Waals surface area contributed by atoms with Crippen LogP contribution in [0.25, 0.3) is 10.8 Å². The van der Waals surface area contributed by atoms with Crippen molar-refractivity contribution in [2.24, 2.45) is 5.10 Å². The molecule has 124 valence electrons. The molecule has 25 heavy (non-hydrogen) atoms. The van der Waals surface area contributed by atoms with Crippen LogP contribution in [-0.2, 0) is 0 Å². The first kappa shape index (κ1) is 15.2. The topological polar surface area (TPSA) is 59.9 Å². The Balaban J connectivity index is 1.46. The van der Waals surface area contributed by atoms with E-state index in [0.29, 0.717) is 30.3 Å². The van der Waals surface area contributed by atoms with Gasteiger partial charge in [0.25, 0.3) is 5.91 Å². The van der Waals surface area contributed by atoms with Crippen molar-refractivity contribution < 1.29 is 14.3 Å². The molecule has 0 spiro atoms. The Morgan fingerprint density at radius 2 is 1.72 bits per heavy atom. The second-order valence-electron chi connectivity index (χ2n) is 5.66. The summed E-state index contributed by atoms with van der Waals surface area (Å²) in [4.78, 5) is 12.2. The minimum absolute atomic E-state index is 0.297. The number of carbonyl (C=O) groups excluding carboxylic acids is 1. The highest BCUT2D eigenvalue weighted by molar-refractivity contribution is 5.96. The molecule has 0 saturated carbocycles. The van der Waals surface area contributed by atoms with Gasteiger partial charge in [0.1, 0.15) is 13.2 Å². The van der Waals surface area contributed by atoms with Crippen LogP contribution in [0, 0.1) is 0 Å². The van der Waals surface area contributed by atoms with E-state index in [9.17, 15) is 4.79 Å². The lowest BCUT2D eigenvalue weighted by atomic mass is 10.1. The number of ether oxygens (including phenoxy) is 2. The summed E-state index contributed by atoms with van der Waals surface area (Å²) in [6.45, 7) is 1.01. The number of nitrogens with one attached hydrogen (secondary N) is 1. The molecule has 0 aromatic heterocycles. The van der Waals surface area contributed by atoms with Gasteiger partial charge in [0.05, 0.1) is 6.21 Å². The summed E-state index contributed by atoms with van der Waals surface area (Å²) in [7, 11) is 0. The van der Waals surface area contributed by atoms with Crippen molar-refractivity contribution in [3.05, 3.63) is 71.8 Å². The van der Waals surface area contributed by atoms with E-state index in [1.54, 1.807) is 24.4 Å². The Kier molecular flexibility index (Phi) is 4.04. The van der Waals surface area contributed by atoms with Crippen LogP contribution in [0.1, 0.15) is 15.9 Å². The number of hydrazone groups is 1. The molecular formula is C20H16N2O3. The molecule has 0 radical (unpaired) electrons. The lowest BCUT2D eigenvalue weighted by Crippen LogP contribution is -2.19. The predicted octanol–water partition coefficient (Wildman–Crippen LogP) is 3.37. The summed E-state index contributed by atoms with van der Waals surface area (Å²) in [5, 5.41) is 6.34. The Morgan fingerprint density at radius 3 is 2.60 bits per heavy atom. The van der Waals surface area contributed by atoms with Crippen LogP contribution in [0.4, 0.5) is 0 Å².